The van der Waals surface area contributed by atoms with Crippen LogP contribution in [0.15, 0.2) is 54.6 Å². The first-order chi connectivity index (χ1) is 12.7. The van der Waals surface area contributed by atoms with Crippen LogP contribution in [0.2, 0.25) is 0 Å². The number of nitrogen functional groups attached to an aromatic ring is 1. The topological polar surface area (TPSA) is 102 Å². The Hall–Kier alpha value is -4.09. The molecule has 5 nitrogen and oxygen atoms in total. The number of nitriles is 2. The first kappa shape index (κ1) is 15.4. The van der Waals surface area contributed by atoms with Gasteiger partial charge in [-0.05, 0) is 39.3 Å². The summed E-state index contributed by atoms with van der Waals surface area (Å²) in [6.07, 6.45) is 1.79. The van der Waals surface area contributed by atoms with Gasteiger partial charge in [-0.2, -0.15) is 15.6 Å². The maximum Gasteiger partial charge on any atom is 0.163 e. The molecule has 1 aromatic heterocycles. The van der Waals surface area contributed by atoms with E-state index in [4.69, 9.17) is 5.73 Å². The molecule has 0 fully saturated rings. The molecule has 122 valence electrons. The number of allylic oxidation sites excluding steroid dienone is 1. The highest BCUT2D eigenvalue weighted by Crippen LogP contribution is 2.32. The van der Waals surface area contributed by atoms with Crippen LogP contribution < -0.4 is 5.73 Å². The molecule has 0 saturated heterocycles. The monoisotopic (exact) mass is 335 g/mol. The van der Waals surface area contributed by atoms with Gasteiger partial charge in [-0.25, -0.2) is 0 Å². The average Bonchev–Trinajstić information content (AvgIpc) is 3.05. The van der Waals surface area contributed by atoms with Crippen LogP contribution in [0, 0.1) is 22.7 Å². The molecule has 3 N–H and O–H groups in total. The number of hydrogen-bond acceptors (Lipinski definition) is 4. The van der Waals surface area contributed by atoms with Gasteiger partial charge in [0.15, 0.2) is 5.82 Å². The minimum atomic E-state index is 0.0893. The highest BCUT2D eigenvalue weighted by Gasteiger charge is 2.15. The summed E-state index contributed by atoms with van der Waals surface area (Å²) in [5.41, 5.74) is 7.47. The summed E-state index contributed by atoms with van der Waals surface area (Å²) in [4.78, 5) is 0. The van der Waals surface area contributed by atoms with Crippen molar-refractivity contribution in [2.24, 2.45) is 0 Å². The number of benzene rings is 3. The normalized spacial score (nSPS) is 11.4. The Morgan fingerprint density at radius 1 is 1.00 bits per heavy atom. The number of rotatable bonds is 2. The summed E-state index contributed by atoms with van der Waals surface area (Å²) >= 11 is 0. The molecule has 0 atom stereocenters. The molecule has 0 amide bonds. The van der Waals surface area contributed by atoms with Crippen LogP contribution >= 0.6 is 0 Å². The second-order valence-electron chi connectivity index (χ2n) is 5.87. The molecule has 26 heavy (non-hydrogen) atoms. The highest BCUT2D eigenvalue weighted by molar-refractivity contribution is 6.10. The second kappa shape index (κ2) is 6.08. The molecule has 3 aromatic carbocycles. The number of anilines is 1. The van der Waals surface area contributed by atoms with Crippen LogP contribution in [0.3, 0.4) is 0 Å². The molecule has 4 aromatic rings. The van der Waals surface area contributed by atoms with E-state index >= 15 is 0 Å². The fourth-order valence-corrected chi connectivity index (χ4v) is 3.17. The lowest BCUT2D eigenvalue weighted by Crippen LogP contribution is -1.91. The lowest BCUT2D eigenvalue weighted by molar-refractivity contribution is 1.08. The fourth-order valence-electron chi connectivity index (χ4n) is 3.17. The molecule has 0 aliphatic heterocycles. The van der Waals surface area contributed by atoms with Gasteiger partial charge < -0.3 is 5.73 Å². The van der Waals surface area contributed by atoms with Gasteiger partial charge in [0, 0.05) is 0 Å². The maximum absolute atomic E-state index is 9.70. The molecule has 0 bridgehead atoms. The molecule has 0 spiro atoms. The average molecular weight is 335 g/mol. The van der Waals surface area contributed by atoms with Crippen molar-refractivity contribution >= 4 is 39.0 Å². The zero-order chi connectivity index (χ0) is 18.1. The summed E-state index contributed by atoms with van der Waals surface area (Å²) in [6, 6.07) is 22.3. The third-order valence-electron chi connectivity index (χ3n) is 4.40. The van der Waals surface area contributed by atoms with E-state index in [2.05, 4.69) is 22.3 Å². The largest absolute Gasteiger partial charge is 0.381 e. The van der Waals surface area contributed by atoms with E-state index in [1.54, 1.807) is 6.08 Å². The van der Waals surface area contributed by atoms with Crippen LogP contribution in [-0.2, 0) is 0 Å². The SMILES string of the molecule is N#C/C(=C\c1c2ccccc2cc2ccccc12)c1[nH]nc(N)c1C#N. The Morgan fingerprint density at radius 2 is 1.62 bits per heavy atom. The van der Waals surface area contributed by atoms with Crippen molar-refractivity contribution in [2.45, 2.75) is 0 Å². The quantitative estimate of drug-likeness (QED) is 0.422. The van der Waals surface area contributed by atoms with Crippen LogP contribution in [0.5, 0.6) is 0 Å². The van der Waals surface area contributed by atoms with Crippen molar-refractivity contribution in [3.8, 4) is 12.1 Å². The fraction of sp³-hybridized carbons (Fsp3) is 0. The molecular formula is C21H13N5. The minimum Gasteiger partial charge on any atom is -0.381 e. The van der Waals surface area contributed by atoms with Gasteiger partial charge in [-0.1, -0.05) is 48.5 Å². The van der Waals surface area contributed by atoms with Gasteiger partial charge in [-0.15, -0.1) is 0 Å². The summed E-state index contributed by atoms with van der Waals surface area (Å²) < 4.78 is 0. The van der Waals surface area contributed by atoms with E-state index in [-0.39, 0.29) is 11.4 Å². The first-order valence-corrected chi connectivity index (χ1v) is 7.99. The predicted octanol–water partition coefficient (Wildman–Crippen LogP) is 4.23. The van der Waals surface area contributed by atoms with Crippen molar-refractivity contribution < 1.29 is 0 Å². The zero-order valence-electron chi connectivity index (χ0n) is 13.7. The Labute approximate surface area is 149 Å². The number of aromatic amines is 1. The van der Waals surface area contributed by atoms with Crippen molar-refractivity contribution in [2.75, 3.05) is 5.73 Å². The molecule has 0 unspecified atom stereocenters. The third-order valence-corrected chi connectivity index (χ3v) is 4.40. The molecule has 0 radical (unpaired) electrons. The number of nitrogens with zero attached hydrogens (tertiary/aromatic N) is 3. The number of nitrogens with one attached hydrogen (secondary N) is 1. The number of hydrogen-bond donors (Lipinski definition) is 2. The van der Waals surface area contributed by atoms with Crippen molar-refractivity contribution in [1.82, 2.24) is 10.2 Å². The zero-order valence-corrected chi connectivity index (χ0v) is 13.7. The summed E-state index contributed by atoms with van der Waals surface area (Å²) in [5.74, 6) is 0.0893. The van der Waals surface area contributed by atoms with E-state index in [0.717, 1.165) is 27.1 Å². The van der Waals surface area contributed by atoms with Crippen LogP contribution in [-0.4, -0.2) is 10.2 Å². The van der Waals surface area contributed by atoms with E-state index in [0.29, 0.717) is 11.3 Å². The number of fused-ring (bicyclic) bond motifs is 2. The molecule has 5 heteroatoms. The van der Waals surface area contributed by atoms with Crippen molar-refractivity contribution in [1.29, 1.82) is 10.5 Å². The lowest BCUT2D eigenvalue weighted by Gasteiger charge is -2.09. The van der Waals surface area contributed by atoms with Gasteiger partial charge in [0.05, 0.1) is 11.3 Å². The van der Waals surface area contributed by atoms with Gasteiger partial charge >= 0.3 is 0 Å². The summed E-state index contributed by atoms with van der Waals surface area (Å²) in [5, 5.41) is 29.8. The van der Waals surface area contributed by atoms with Crippen LogP contribution in [0.25, 0.3) is 33.2 Å². The Balaban J connectivity index is 2.07. The van der Waals surface area contributed by atoms with E-state index < -0.39 is 0 Å². The molecule has 0 aliphatic rings. The Bertz CT molecular complexity index is 1210. The minimum absolute atomic E-state index is 0.0893. The first-order valence-electron chi connectivity index (χ1n) is 7.99. The summed E-state index contributed by atoms with van der Waals surface area (Å²) in [7, 11) is 0. The number of nitrogens with two attached hydrogens (primary N) is 1. The highest BCUT2D eigenvalue weighted by atomic mass is 15.2. The second-order valence-corrected chi connectivity index (χ2v) is 5.87. The van der Waals surface area contributed by atoms with Crippen molar-refractivity contribution in [3.63, 3.8) is 0 Å². The van der Waals surface area contributed by atoms with Gasteiger partial charge in [0.1, 0.15) is 17.7 Å². The van der Waals surface area contributed by atoms with E-state index in [1.165, 1.54) is 0 Å². The van der Waals surface area contributed by atoms with Crippen molar-refractivity contribution in [3.05, 3.63) is 71.4 Å². The maximum atomic E-state index is 9.70. The molecule has 4 rings (SSSR count). The van der Waals surface area contributed by atoms with Gasteiger partial charge in [0.2, 0.25) is 0 Å². The smallest absolute Gasteiger partial charge is 0.163 e. The molecular weight excluding hydrogens is 322 g/mol. The van der Waals surface area contributed by atoms with Crippen LogP contribution in [0.1, 0.15) is 16.8 Å². The van der Waals surface area contributed by atoms with E-state index in [1.807, 2.05) is 54.6 Å². The standard InChI is InChI=1S/C21H13N5/c22-11-15(20-19(12-23)21(24)26-25-20)10-18-16-7-3-1-5-13(16)9-14-6-2-4-8-17(14)18/h1-10H,(H3,24,25,26)/b15-10+. The van der Waals surface area contributed by atoms with Crippen LogP contribution in [0.4, 0.5) is 5.82 Å². The lowest BCUT2D eigenvalue weighted by atomic mass is 9.94. The predicted molar refractivity (Wildman–Crippen MR) is 103 cm³/mol. The third kappa shape index (κ3) is 2.36. The number of aromatic nitrogens is 2. The van der Waals surface area contributed by atoms with Gasteiger partial charge in [-0.3, -0.25) is 5.10 Å². The molecule has 1 heterocycles. The number of H-pyrrole nitrogens is 1. The molecule has 0 aliphatic carbocycles. The van der Waals surface area contributed by atoms with E-state index in [9.17, 15) is 10.5 Å². The van der Waals surface area contributed by atoms with Gasteiger partial charge in [0.25, 0.3) is 0 Å². The Kier molecular flexibility index (Phi) is 3.61. The Morgan fingerprint density at radius 3 is 2.19 bits per heavy atom. The summed E-state index contributed by atoms with van der Waals surface area (Å²) in [6.45, 7) is 0. The molecule has 0 saturated carbocycles.